The van der Waals surface area contributed by atoms with E-state index in [4.69, 9.17) is 21.1 Å². The number of halogens is 2. The van der Waals surface area contributed by atoms with Crippen LogP contribution in [-0.4, -0.2) is 80.5 Å². The molecule has 3 aromatic rings. The maximum Gasteiger partial charge on any atom is 0.164 e. The zero-order valence-corrected chi connectivity index (χ0v) is 21.5. The lowest BCUT2D eigenvalue weighted by molar-refractivity contribution is -0.0693. The molecule has 2 aromatic carbocycles. The number of methoxy groups -OCH3 is 1. The van der Waals surface area contributed by atoms with Crippen molar-refractivity contribution in [2.75, 3.05) is 31.9 Å². The van der Waals surface area contributed by atoms with Gasteiger partial charge in [0.05, 0.1) is 42.2 Å². The molecular weight excluding hydrogens is 550 g/mol. The van der Waals surface area contributed by atoms with Gasteiger partial charge < -0.3 is 35.2 Å². The van der Waals surface area contributed by atoms with Gasteiger partial charge in [-0.2, -0.15) is 11.8 Å². The molecule has 0 radical (unpaired) electrons. The second-order valence-corrected chi connectivity index (χ2v) is 9.61. The summed E-state index contributed by atoms with van der Waals surface area (Å²) < 4.78 is 12.1. The maximum atomic E-state index is 10.5. The first-order chi connectivity index (χ1) is 16.3. The van der Waals surface area contributed by atoms with E-state index in [2.05, 4.69) is 31.2 Å². The number of nitrogens with one attached hydrogen (secondary N) is 1. The second-order valence-electron chi connectivity index (χ2n) is 7.27. The van der Waals surface area contributed by atoms with E-state index in [9.17, 15) is 20.4 Å². The van der Waals surface area contributed by atoms with Crippen LogP contribution in [0.5, 0.6) is 11.5 Å². The lowest BCUT2D eigenvalue weighted by Crippen LogP contribution is -2.48. The number of aliphatic hydroxyl groups excluding tert-OH is 4. The molecule has 1 aromatic heterocycles. The molecule has 0 saturated carbocycles. The van der Waals surface area contributed by atoms with Crippen LogP contribution in [0, 0.1) is 0 Å². The number of hydrogen-bond donors (Lipinski definition) is 5. The van der Waals surface area contributed by atoms with Gasteiger partial charge in [-0.25, -0.2) is 9.97 Å². The fraction of sp³-hybridized carbons (Fsp3) is 0.364. The van der Waals surface area contributed by atoms with Crippen molar-refractivity contribution >= 4 is 61.7 Å². The maximum absolute atomic E-state index is 10.5. The summed E-state index contributed by atoms with van der Waals surface area (Å²) in [4.78, 5) is 8.60. The largest absolute Gasteiger partial charge is 0.493 e. The van der Waals surface area contributed by atoms with E-state index in [-0.39, 0.29) is 12.4 Å². The third kappa shape index (κ3) is 6.03. The molecule has 5 N–H and O–H groups in total. The summed E-state index contributed by atoms with van der Waals surface area (Å²) in [5, 5.41) is 43.9. The summed E-state index contributed by atoms with van der Waals surface area (Å²) in [7, 11) is 1.45. The van der Waals surface area contributed by atoms with Gasteiger partial charge in [0.1, 0.15) is 18.2 Å². The van der Waals surface area contributed by atoms with Gasteiger partial charge >= 0.3 is 0 Å². The highest BCUT2D eigenvalue weighted by atomic mass is 79.9. The smallest absolute Gasteiger partial charge is 0.164 e. The highest BCUT2D eigenvalue weighted by Crippen LogP contribution is 2.36. The van der Waals surface area contributed by atoms with Crippen LogP contribution >= 0.6 is 39.3 Å². The molecule has 0 amide bonds. The van der Waals surface area contributed by atoms with Crippen LogP contribution in [0.25, 0.3) is 10.9 Å². The Morgan fingerprint density at radius 1 is 1.09 bits per heavy atom. The SMILES string of the molecule is COc1cc2c(Nc3ccc(Br)c(Cl)c3)ncnc2cc1O[C@@H](CO)[C@@H](O)[C@H](O)[C@H](CO)SC. The van der Waals surface area contributed by atoms with E-state index in [1.54, 1.807) is 24.5 Å². The molecule has 184 valence electrons. The molecule has 0 bridgehead atoms. The summed E-state index contributed by atoms with van der Waals surface area (Å²) in [6, 6.07) is 8.67. The van der Waals surface area contributed by atoms with Crippen molar-refractivity contribution in [2.24, 2.45) is 0 Å². The van der Waals surface area contributed by atoms with E-state index < -0.39 is 30.2 Å². The first-order valence-electron chi connectivity index (χ1n) is 10.1. The Labute approximate surface area is 214 Å². The molecule has 0 fully saturated rings. The molecule has 1 heterocycles. The van der Waals surface area contributed by atoms with Gasteiger partial charge in [-0.15, -0.1) is 0 Å². The molecule has 0 aliphatic heterocycles. The molecule has 0 aliphatic rings. The minimum Gasteiger partial charge on any atom is -0.493 e. The predicted molar refractivity (Wildman–Crippen MR) is 136 cm³/mol. The number of anilines is 2. The molecule has 0 aliphatic carbocycles. The van der Waals surface area contributed by atoms with Crippen molar-refractivity contribution in [2.45, 2.75) is 23.6 Å². The number of hydrogen-bond acceptors (Lipinski definition) is 10. The number of rotatable bonds is 11. The second kappa shape index (κ2) is 12.2. The average Bonchev–Trinajstić information content (AvgIpc) is 2.84. The standard InChI is InChI=1S/C22H25BrClN3O6S/c1-32-16-6-12-15(25-10-26-22(12)27-11-3-4-13(23)14(24)5-11)7-17(16)33-18(8-28)20(30)21(31)19(9-29)34-2/h3-7,10,18-21,28-31H,8-9H2,1-2H3,(H,25,26,27)/t18-,19-,20+,21+/m0/s1. The van der Waals surface area contributed by atoms with Gasteiger partial charge in [-0.1, -0.05) is 11.6 Å². The van der Waals surface area contributed by atoms with E-state index in [1.807, 2.05) is 12.1 Å². The van der Waals surface area contributed by atoms with Crippen molar-refractivity contribution in [3.8, 4) is 11.5 Å². The van der Waals surface area contributed by atoms with Crippen LogP contribution < -0.4 is 14.8 Å². The van der Waals surface area contributed by atoms with E-state index >= 15 is 0 Å². The summed E-state index contributed by atoms with van der Waals surface area (Å²) in [6.07, 6.45) is -0.870. The number of nitrogens with zero attached hydrogens (tertiary/aromatic N) is 2. The number of fused-ring (bicyclic) bond motifs is 1. The van der Waals surface area contributed by atoms with Gasteiger partial charge in [0.25, 0.3) is 0 Å². The normalized spacial score (nSPS) is 14.9. The van der Waals surface area contributed by atoms with Crippen molar-refractivity contribution in [1.82, 2.24) is 9.97 Å². The zero-order chi connectivity index (χ0) is 24.8. The highest BCUT2D eigenvalue weighted by Gasteiger charge is 2.33. The first kappa shape index (κ1) is 26.7. The van der Waals surface area contributed by atoms with Crippen LogP contribution in [0.4, 0.5) is 11.5 Å². The summed E-state index contributed by atoms with van der Waals surface area (Å²) in [5.41, 5.74) is 1.23. The molecular formula is C22H25BrClN3O6S. The monoisotopic (exact) mass is 573 g/mol. The number of benzene rings is 2. The van der Waals surface area contributed by atoms with E-state index in [1.165, 1.54) is 25.2 Å². The lowest BCUT2D eigenvalue weighted by Gasteiger charge is -2.30. The zero-order valence-electron chi connectivity index (χ0n) is 18.4. The van der Waals surface area contributed by atoms with Gasteiger partial charge in [0, 0.05) is 21.6 Å². The van der Waals surface area contributed by atoms with Gasteiger partial charge in [0.2, 0.25) is 0 Å². The Balaban J connectivity index is 1.92. The first-order valence-corrected chi connectivity index (χ1v) is 12.6. The fourth-order valence-electron chi connectivity index (χ4n) is 3.27. The Morgan fingerprint density at radius 2 is 1.85 bits per heavy atom. The predicted octanol–water partition coefficient (Wildman–Crippen LogP) is 2.98. The number of aliphatic hydroxyl groups is 4. The lowest BCUT2D eigenvalue weighted by atomic mass is 10.1. The Kier molecular flexibility index (Phi) is 9.60. The van der Waals surface area contributed by atoms with Gasteiger partial charge in [0.15, 0.2) is 17.6 Å². The molecule has 0 saturated heterocycles. The number of aromatic nitrogens is 2. The Bertz CT molecular complexity index is 1120. The summed E-state index contributed by atoms with van der Waals surface area (Å²) in [5.74, 6) is 1.03. The quantitative estimate of drug-likeness (QED) is 0.232. The van der Waals surface area contributed by atoms with Gasteiger partial charge in [-0.05, 0) is 46.5 Å². The van der Waals surface area contributed by atoms with E-state index in [0.29, 0.717) is 27.5 Å². The minimum absolute atomic E-state index is 0.210. The molecule has 0 unspecified atom stereocenters. The highest BCUT2D eigenvalue weighted by molar-refractivity contribution is 9.10. The molecule has 34 heavy (non-hydrogen) atoms. The minimum atomic E-state index is -1.46. The average molecular weight is 575 g/mol. The number of ether oxygens (including phenoxy) is 2. The molecule has 4 atom stereocenters. The van der Waals surface area contributed by atoms with Crippen molar-refractivity contribution in [1.29, 1.82) is 0 Å². The third-order valence-electron chi connectivity index (χ3n) is 5.16. The third-order valence-corrected chi connectivity index (χ3v) is 7.42. The topological polar surface area (TPSA) is 137 Å². The van der Waals surface area contributed by atoms with Crippen molar-refractivity contribution in [3.63, 3.8) is 0 Å². The van der Waals surface area contributed by atoms with Gasteiger partial charge in [-0.3, -0.25) is 0 Å². The van der Waals surface area contributed by atoms with Crippen LogP contribution in [0.1, 0.15) is 0 Å². The molecule has 0 spiro atoms. The van der Waals surface area contributed by atoms with Crippen molar-refractivity contribution < 1.29 is 29.9 Å². The van der Waals surface area contributed by atoms with Crippen LogP contribution in [0.15, 0.2) is 41.1 Å². The summed E-state index contributed by atoms with van der Waals surface area (Å²) >= 11 is 10.7. The Morgan fingerprint density at radius 3 is 2.47 bits per heavy atom. The molecule has 9 nitrogen and oxygen atoms in total. The van der Waals surface area contributed by atoms with E-state index in [0.717, 1.165) is 10.2 Å². The van der Waals surface area contributed by atoms with Crippen LogP contribution in [0.3, 0.4) is 0 Å². The van der Waals surface area contributed by atoms with Crippen LogP contribution in [-0.2, 0) is 0 Å². The Hall–Kier alpha value is -1.86. The molecule has 3 rings (SSSR count). The molecule has 12 heteroatoms. The fourth-order valence-corrected chi connectivity index (χ4v) is 4.28. The van der Waals surface area contributed by atoms with Crippen molar-refractivity contribution in [3.05, 3.63) is 46.2 Å². The summed E-state index contributed by atoms with van der Waals surface area (Å²) in [6.45, 7) is -0.917. The van der Waals surface area contributed by atoms with Crippen LogP contribution in [0.2, 0.25) is 5.02 Å². The number of thioether (sulfide) groups is 1.